The molecule has 0 spiro atoms. The molecule has 4 rings (SSSR count). The Labute approximate surface area is 213 Å². The Balaban J connectivity index is 0.000000208. The Kier molecular flexibility index (Phi) is 8.72. The number of phenolic OH excluding ortho intramolecular Hbond substituents is 3. The van der Waals surface area contributed by atoms with E-state index in [1.165, 1.54) is 51.7 Å². The highest BCUT2D eigenvalue weighted by molar-refractivity contribution is 6.12. The summed E-state index contributed by atoms with van der Waals surface area (Å²) in [5, 5.41) is 29.4. The molecule has 0 aliphatic rings. The summed E-state index contributed by atoms with van der Waals surface area (Å²) in [5.41, 5.74) is 1.00. The van der Waals surface area contributed by atoms with Crippen LogP contribution in [-0.2, 0) is 0 Å². The molecule has 0 saturated heterocycles. The normalized spacial score (nSPS) is 10.0. The Morgan fingerprint density at radius 1 is 0.514 bits per heavy atom. The second-order valence-electron chi connectivity index (χ2n) is 7.67. The van der Waals surface area contributed by atoms with Crippen molar-refractivity contribution in [2.24, 2.45) is 0 Å². The predicted octanol–water partition coefficient (Wildman–Crippen LogP) is 4.98. The van der Waals surface area contributed by atoms with Crippen LogP contribution in [0.3, 0.4) is 0 Å². The zero-order valence-corrected chi connectivity index (χ0v) is 20.5. The van der Waals surface area contributed by atoms with E-state index in [0.717, 1.165) is 0 Å². The lowest BCUT2D eigenvalue weighted by atomic mass is 10.0. The second kappa shape index (κ2) is 12.1. The first-order valence-corrected chi connectivity index (χ1v) is 11.0. The van der Waals surface area contributed by atoms with Gasteiger partial charge in [-0.15, -0.1) is 0 Å². The van der Waals surface area contributed by atoms with Gasteiger partial charge in [0.2, 0.25) is 0 Å². The lowest BCUT2D eigenvalue weighted by molar-refractivity contribution is 0.102. The third-order valence-electron chi connectivity index (χ3n) is 5.38. The highest BCUT2D eigenvalue weighted by Gasteiger charge is 2.18. The fourth-order valence-corrected chi connectivity index (χ4v) is 3.38. The molecule has 0 fully saturated rings. The van der Waals surface area contributed by atoms with Crippen LogP contribution in [-0.4, -0.2) is 48.2 Å². The fourth-order valence-electron chi connectivity index (χ4n) is 3.38. The Bertz CT molecular complexity index is 1340. The maximum Gasteiger partial charge on any atom is 0.200 e. The smallest absolute Gasteiger partial charge is 0.200 e. The summed E-state index contributed by atoms with van der Waals surface area (Å²) in [7, 11) is 4.44. The molecule has 0 radical (unpaired) electrons. The number of methoxy groups -OCH3 is 3. The van der Waals surface area contributed by atoms with E-state index < -0.39 is 5.78 Å². The first-order valence-electron chi connectivity index (χ1n) is 11.0. The number of phenols is 3. The van der Waals surface area contributed by atoms with Gasteiger partial charge in [0.05, 0.1) is 38.0 Å². The topological polar surface area (TPSA) is 123 Å². The van der Waals surface area contributed by atoms with Crippen LogP contribution in [0.25, 0.3) is 0 Å². The number of ether oxygens (including phenoxy) is 3. The Morgan fingerprint density at radius 2 is 0.865 bits per heavy atom. The van der Waals surface area contributed by atoms with Crippen LogP contribution in [0.5, 0.6) is 34.5 Å². The van der Waals surface area contributed by atoms with Crippen LogP contribution in [0.15, 0.2) is 84.9 Å². The summed E-state index contributed by atoms with van der Waals surface area (Å²) in [6, 6.07) is 22.2. The van der Waals surface area contributed by atoms with Gasteiger partial charge in [0.15, 0.2) is 11.6 Å². The molecular weight excluding hydrogens is 476 g/mol. The van der Waals surface area contributed by atoms with Crippen LogP contribution < -0.4 is 14.2 Å². The third-order valence-corrected chi connectivity index (χ3v) is 5.38. The van der Waals surface area contributed by atoms with Crippen molar-refractivity contribution in [2.75, 3.05) is 21.3 Å². The summed E-state index contributed by atoms with van der Waals surface area (Å²) in [5.74, 6) is 0.242. The van der Waals surface area contributed by atoms with Gasteiger partial charge in [0.1, 0.15) is 34.5 Å². The first kappa shape index (κ1) is 26.6. The van der Waals surface area contributed by atoms with Crippen LogP contribution in [0.1, 0.15) is 31.8 Å². The van der Waals surface area contributed by atoms with E-state index in [0.29, 0.717) is 22.8 Å². The number of ketones is 2. The molecule has 37 heavy (non-hydrogen) atoms. The van der Waals surface area contributed by atoms with Crippen molar-refractivity contribution in [1.29, 1.82) is 0 Å². The van der Waals surface area contributed by atoms with Gasteiger partial charge >= 0.3 is 0 Å². The van der Waals surface area contributed by atoms with Crippen molar-refractivity contribution in [2.45, 2.75) is 0 Å². The van der Waals surface area contributed by atoms with E-state index in [-0.39, 0.29) is 39.7 Å². The molecule has 0 bridgehead atoms. The number of carbonyl (C=O) groups excluding carboxylic acids is 2. The molecular formula is C29H26O8. The summed E-state index contributed by atoms with van der Waals surface area (Å²) >= 11 is 0. The zero-order valence-electron chi connectivity index (χ0n) is 20.5. The van der Waals surface area contributed by atoms with Gasteiger partial charge in [0.25, 0.3) is 0 Å². The minimum absolute atomic E-state index is 0.0711. The molecule has 8 heteroatoms. The molecule has 0 amide bonds. The summed E-state index contributed by atoms with van der Waals surface area (Å²) < 4.78 is 14.9. The van der Waals surface area contributed by atoms with Gasteiger partial charge in [-0.3, -0.25) is 9.59 Å². The molecule has 0 saturated carbocycles. The third kappa shape index (κ3) is 6.37. The fraction of sp³-hybridized carbons (Fsp3) is 0.103. The maximum atomic E-state index is 12.3. The van der Waals surface area contributed by atoms with Crippen LogP contribution in [0.4, 0.5) is 0 Å². The lowest BCUT2D eigenvalue weighted by Gasteiger charge is -2.08. The highest BCUT2D eigenvalue weighted by atomic mass is 16.5. The van der Waals surface area contributed by atoms with Crippen molar-refractivity contribution in [3.05, 3.63) is 107 Å². The average molecular weight is 503 g/mol. The zero-order chi connectivity index (χ0) is 26.9. The van der Waals surface area contributed by atoms with Crippen LogP contribution in [0, 0.1) is 0 Å². The van der Waals surface area contributed by atoms with E-state index in [2.05, 4.69) is 0 Å². The first-order chi connectivity index (χ1) is 17.8. The minimum atomic E-state index is -0.481. The highest BCUT2D eigenvalue weighted by Crippen LogP contribution is 2.30. The quantitative estimate of drug-likeness (QED) is 0.303. The molecule has 190 valence electrons. The monoisotopic (exact) mass is 502 g/mol. The number of hydrogen-bond donors (Lipinski definition) is 3. The van der Waals surface area contributed by atoms with E-state index in [9.17, 15) is 24.9 Å². The van der Waals surface area contributed by atoms with E-state index in [1.54, 1.807) is 48.5 Å². The number of rotatable bonds is 7. The second-order valence-corrected chi connectivity index (χ2v) is 7.67. The summed E-state index contributed by atoms with van der Waals surface area (Å²) in [6.45, 7) is 0. The number of hydrogen-bond acceptors (Lipinski definition) is 8. The van der Waals surface area contributed by atoms with Crippen LogP contribution >= 0.6 is 0 Å². The van der Waals surface area contributed by atoms with Crippen molar-refractivity contribution in [3.8, 4) is 34.5 Å². The van der Waals surface area contributed by atoms with Crippen molar-refractivity contribution >= 4 is 11.6 Å². The van der Waals surface area contributed by atoms with Gasteiger partial charge in [-0.1, -0.05) is 30.3 Å². The van der Waals surface area contributed by atoms with E-state index in [4.69, 9.17) is 14.2 Å². The number of carbonyl (C=O) groups is 2. The van der Waals surface area contributed by atoms with Gasteiger partial charge in [-0.25, -0.2) is 0 Å². The maximum absolute atomic E-state index is 12.3. The molecule has 0 atom stereocenters. The minimum Gasteiger partial charge on any atom is -0.507 e. The largest absolute Gasteiger partial charge is 0.507 e. The molecule has 0 aliphatic heterocycles. The standard InChI is InChI=1S/C15H14O5.C14H12O3/c1-19-9-3-5-11(13(16)7-9)15(18)12-6-4-10(20-2)8-14(12)17;1-17-11-7-8-12(13(15)9-11)14(16)10-5-3-2-4-6-10/h3-8,16-17H,1-2H3;2-9,15H,1H3. The van der Waals surface area contributed by atoms with Gasteiger partial charge in [0, 0.05) is 23.8 Å². The van der Waals surface area contributed by atoms with E-state index >= 15 is 0 Å². The molecule has 0 aromatic heterocycles. The van der Waals surface area contributed by atoms with Crippen molar-refractivity contribution < 1.29 is 39.1 Å². The van der Waals surface area contributed by atoms with Gasteiger partial charge in [-0.2, -0.15) is 0 Å². The molecule has 0 unspecified atom stereocenters. The Hall–Kier alpha value is -4.98. The van der Waals surface area contributed by atoms with Crippen LogP contribution in [0.2, 0.25) is 0 Å². The molecule has 0 heterocycles. The molecule has 8 nitrogen and oxygen atoms in total. The number of aromatic hydroxyl groups is 3. The summed E-state index contributed by atoms with van der Waals surface area (Å²) in [4.78, 5) is 24.4. The molecule has 0 aliphatic carbocycles. The lowest BCUT2D eigenvalue weighted by Crippen LogP contribution is -2.02. The molecule has 4 aromatic rings. The predicted molar refractivity (Wildman–Crippen MR) is 137 cm³/mol. The van der Waals surface area contributed by atoms with E-state index in [1.807, 2.05) is 6.07 Å². The molecule has 3 N–H and O–H groups in total. The molecule has 4 aromatic carbocycles. The average Bonchev–Trinajstić information content (AvgIpc) is 2.92. The number of benzene rings is 4. The SMILES string of the molecule is COc1ccc(C(=O)c2ccc(OC)cc2O)c(O)c1.COc1ccc(C(=O)c2ccccc2)c(O)c1. The van der Waals surface area contributed by atoms with Gasteiger partial charge in [-0.05, 0) is 36.4 Å². The van der Waals surface area contributed by atoms with Crippen molar-refractivity contribution in [1.82, 2.24) is 0 Å². The Morgan fingerprint density at radius 3 is 1.19 bits per heavy atom. The van der Waals surface area contributed by atoms with Crippen molar-refractivity contribution in [3.63, 3.8) is 0 Å². The van der Waals surface area contributed by atoms with Gasteiger partial charge < -0.3 is 29.5 Å². The summed E-state index contributed by atoms with van der Waals surface area (Å²) in [6.07, 6.45) is 0.